The molecule has 0 saturated heterocycles. The highest BCUT2D eigenvalue weighted by Crippen LogP contribution is 2.19. The number of Topliss-reactive ketones (excluding diaryl/α,β-unsaturated/α-hetero) is 1. The number of carbonyl (C=O) groups is 3. The van der Waals surface area contributed by atoms with E-state index >= 15 is 0 Å². The Kier molecular flexibility index (Phi) is 6.44. The maximum Gasteiger partial charge on any atom is 0.329 e. The Morgan fingerprint density at radius 1 is 1.00 bits per heavy atom. The summed E-state index contributed by atoms with van der Waals surface area (Å²) in [6.45, 7) is 3.26. The third kappa shape index (κ3) is 5.10. The van der Waals surface area contributed by atoms with Crippen molar-refractivity contribution in [1.82, 2.24) is 10.3 Å². The molecule has 0 aliphatic rings. The zero-order valence-electron chi connectivity index (χ0n) is 16.5. The van der Waals surface area contributed by atoms with Crippen LogP contribution in [0.25, 0.3) is 10.8 Å². The van der Waals surface area contributed by atoms with Crippen molar-refractivity contribution in [2.45, 2.75) is 26.3 Å². The molecule has 1 heterocycles. The van der Waals surface area contributed by atoms with Crippen molar-refractivity contribution in [3.05, 3.63) is 72.1 Å². The first-order chi connectivity index (χ1) is 14.0. The van der Waals surface area contributed by atoms with Gasteiger partial charge in [0, 0.05) is 6.20 Å². The lowest BCUT2D eigenvalue weighted by Gasteiger charge is -2.21. The summed E-state index contributed by atoms with van der Waals surface area (Å²) >= 11 is 0. The third-order valence-electron chi connectivity index (χ3n) is 4.71. The number of hydrogen-bond acceptors (Lipinski definition) is 4. The maximum absolute atomic E-state index is 12.6. The number of benzene rings is 2. The van der Waals surface area contributed by atoms with Gasteiger partial charge in [0.2, 0.25) is 11.7 Å². The quantitative estimate of drug-likeness (QED) is 0.455. The second-order valence-corrected chi connectivity index (χ2v) is 7.22. The van der Waals surface area contributed by atoms with Gasteiger partial charge in [-0.1, -0.05) is 56.3 Å². The molecule has 2 aromatic carbocycles. The fourth-order valence-corrected chi connectivity index (χ4v) is 3.15. The summed E-state index contributed by atoms with van der Waals surface area (Å²) in [4.78, 5) is 39.8. The van der Waals surface area contributed by atoms with Crippen molar-refractivity contribution in [2.24, 2.45) is 5.92 Å². The average Bonchev–Trinajstić information content (AvgIpc) is 3.25. The third-order valence-corrected chi connectivity index (χ3v) is 4.71. The number of rotatable bonds is 8. The molecule has 0 unspecified atom stereocenters. The van der Waals surface area contributed by atoms with Crippen LogP contribution >= 0.6 is 0 Å². The molecule has 0 aliphatic carbocycles. The molecule has 3 aromatic rings. The Morgan fingerprint density at radius 2 is 1.76 bits per heavy atom. The number of hydrogen-bond donors (Lipinski definition) is 2. The molecule has 150 valence electrons. The standard InChI is InChI=1S/C23H24N2O4/c1-15(2)22(23(28)29-14-20(26)19-11-6-12-24-19)25-21(27)13-17-9-5-8-16-7-3-4-10-18(16)17/h3-12,15,22,24H,13-14H2,1-2H3,(H,25,27)/t22-/m0/s1. The molecule has 6 nitrogen and oxygen atoms in total. The summed E-state index contributed by atoms with van der Waals surface area (Å²) in [5, 5.41) is 4.82. The minimum atomic E-state index is -0.825. The Hall–Kier alpha value is -3.41. The molecule has 0 fully saturated rings. The predicted molar refractivity (Wildman–Crippen MR) is 111 cm³/mol. The maximum atomic E-state index is 12.6. The van der Waals surface area contributed by atoms with E-state index in [1.807, 2.05) is 56.3 Å². The number of aromatic amines is 1. The highest BCUT2D eigenvalue weighted by atomic mass is 16.5. The van der Waals surface area contributed by atoms with Gasteiger partial charge in [-0.15, -0.1) is 0 Å². The van der Waals surface area contributed by atoms with Gasteiger partial charge < -0.3 is 15.0 Å². The van der Waals surface area contributed by atoms with Crippen LogP contribution in [0.4, 0.5) is 0 Å². The molecule has 3 rings (SSSR count). The van der Waals surface area contributed by atoms with E-state index in [0.29, 0.717) is 5.69 Å². The monoisotopic (exact) mass is 392 g/mol. The number of carbonyl (C=O) groups excluding carboxylic acids is 3. The number of esters is 1. The van der Waals surface area contributed by atoms with E-state index in [1.165, 1.54) is 0 Å². The summed E-state index contributed by atoms with van der Waals surface area (Å²) in [5.74, 6) is -1.40. The van der Waals surface area contributed by atoms with Crippen LogP contribution in [0.1, 0.15) is 29.9 Å². The fourth-order valence-electron chi connectivity index (χ4n) is 3.15. The molecule has 0 spiro atoms. The first-order valence-corrected chi connectivity index (χ1v) is 9.55. The summed E-state index contributed by atoms with van der Waals surface area (Å²) in [6, 6.07) is 16.1. The van der Waals surface area contributed by atoms with Crippen molar-refractivity contribution in [2.75, 3.05) is 6.61 Å². The molecular weight excluding hydrogens is 368 g/mol. The molecule has 1 aromatic heterocycles. The van der Waals surface area contributed by atoms with Gasteiger partial charge in [-0.05, 0) is 34.4 Å². The number of H-pyrrole nitrogens is 1. The number of fused-ring (bicyclic) bond motifs is 1. The van der Waals surface area contributed by atoms with Gasteiger partial charge in [-0.3, -0.25) is 9.59 Å². The van der Waals surface area contributed by atoms with Gasteiger partial charge in [0.15, 0.2) is 6.61 Å². The molecular formula is C23H24N2O4. The van der Waals surface area contributed by atoms with Gasteiger partial charge in [0.1, 0.15) is 6.04 Å². The molecule has 1 amide bonds. The first-order valence-electron chi connectivity index (χ1n) is 9.55. The van der Waals surface area contributed by atoms with Crippen LogP contribution in [0.2, 0.25) is 0 Å². The summed E-state index contributed by atoms with van der Waals surface area (Å²) < 4.78 is 5.15. The average molecular weight is 392 g/mol. The second-order valence-electron chi connectivity index (χ2n) is 7.22. The molecule has 0 aliphatic heterocycles. The lowest BCUT2D eigenvalue weighted by atomic mass is 10.0. The Labute approximate surface area is 169 Å². The second kappa shape index (κ2) is 9.19. The van der Waals surface area contributed by atoms with E-state index < -0.39 is 12.0 Å². The Balaban J connectivity index is 1.62. The van der Waals surface area contributed by atoms with Crippen molar-refractivity contribution in [3.8, 4) is 0 Å². The Morgan fingerprint density at radius 3 is 2.48 bits per heavy atom. The molecule has 0 radical (unpaired) electrons. The van der Waals surface area contributed by atoms with Crippen LogP contribution in [0.3, 0.4) is 0 Å². The van der Waals surface area contributed by atoms with E-state index in [2.05, 4.69) is 10.3 Å². The minimum absolute atomic E-state index is 0.152. The topological polar surface area (TPSA) is 88.3 Å². The number of ether oxygens (including phenoxy) is 1. The molecule has 6 heteroatoms. The fraction of sp³-hybridized carbons (Fsp3) is 0.261. The lowest BCUT2D eigenvalue weighted by Crippen LogP contribution is -2.46. The summed E-state index contributed by atoms with van der Waals surface area (Å²) in [6.07, 6.45) is 1.78. The van der Waals surface area contributed by atoms with Gasteiger partial charge in [0.25, 0.3) is 0 Å². The minimum Gasteiger partial charge on any atom is -0.456 e. The van der Waals surface area contributed by atoms with Gasteiger partial charge in [-0.25, -0.2) is 4.79 Å². The number of nitrogens with one attached hydrogen (secondary N) is 2. The molecule has 2 N–H and O–H groups in total. The van der Waals surface area contributed by atoms with Gasteiger partial charge in [-0.2, -0.15) is 0 Å². The predicted octanol–water partition coefficient (Wildman–Crippen LogP) is 3.28. The van der Waals surface area contributed by atoms with Gasteiger partial charge in [0.05, 0.1) is 12.1 Å². The van der Waals surface area contributed by atoms with Gasteiger partial charge >= 0.3 is 5.97 Å². The van der Waals surface area contributed by atoms with E-state index in [-0.39, 0.29) is 30.6 Å². The highest BCUT2D eigenvalue weighted by molar-refractivity contribution is 5.97. The van der Waals surface area contributed by atoms with E-state index in [1.54, 1.807) is 18.3 Å². The van der Waals surface area contributed by atoms with Crippen molar-refractivity contribution < 1.29 is 19.1 Å². The van der Waals surface area contributed by atoms with Crippen LogP contribution in [0.15, 0.2) is 60.8 Å². The Bertz CT molecular complexity index is 1000. The van der Waals surface area contributed by atoms with Crippen molar-refractivity contribution >= 4 is 28.4 Å². The zero-order chi connectivity index (χ0) is 20.8. The van der Waals surface area contributed by atoms with Crippen LogP contribution < -0.4 is 5.32 Å². The molecule has 0 saturated carbocycles. The smallest absolute Gasteiger partial charge is 0.329 e. The number of amides is 1. The number of ketones is 1. The van der Waals surface area contributed by atoms with Crippen LogP contribution in [-0.2, 0) is 20.7 Å². The number of aromatic nitrogens is 1. The largest absolute Gasteiger partial charge is 0.456 e. The highest BCUT2D eigenvalue weighted by Gasteiger charge is 2.26. The zero-order valence-corrected chi connectivity index (χ0v) is 16.5. The SMILES string of the molecule is CC(C)[C@H](NC(=O)Cc1cccc2ccccc12)C(=O)OCC(=O)c1ccc[nH]1. The lowest BCUT2D eigenvalue weighted by molar-refractivity contribution is -0.148. The van der Waals surface area contributed by atoms with Crippen molar-refractivity contribution in [1.29, 1.82) is 0 Å². The van der Waals surface area contributed by atoms with Crippen LogP contribution in [0, 0.1) is 5.92 Å². The van der Waals surface area contributed by atoms with Crippen LogP contribution in [0.5, 0.6) is 0 Å². The van der Waals surface area contributed by atoms with Crippen molar-refractivity contribution in [3.63, 3.8) is 0 Å². The molecule has 0 bridgehead atoms. The normalized spacial score (nSPS) is 12.0. The van der Waals surface area contributed by atoms with Crippen LogP contribution in [-0.4, -0.2) is 35.3 Å². The van der Waals surface area contributed by atoms with E-state index in [0.717, 1.165) is 16.3 Å². The van der Waals surface area contributed by atoms with E-state index in [9.17, 15) is 14.4 Å². The molecule has 1 atom stereocenters. The first kappa shape index (κ1) is 20.3. The summed E-state index contributed by atoms with van der Waals surface area (Å²) in [5.41, 5.74) is 1.26. The van der Waals surface area contributed by atoms with E-state index in [4.69, 9.17) is 4.74 Å². The summed E-state index contributed by atoms with van der Waals surface area (Å²) in [7, 11) is 0. The molecule has 29 heavy (non-hydrogen) atoms.